The number of thiophene rings is 1. The minimum Gasteiger partial charge on any atom is -0.396 e. The third-order valence-corrected chi connectivity index (χ3v) is 7.58. The molecule has 0 aromatic carbocycles. The van der Waals surface area contributed by atoms with Gasteiger partial charge in [0.1, 0.15) is 5.65 Å². The molecule has 1 aliphatic rings. The number of aliphatic hydroxyl groups is 1. The van der Waals surface area contributed by atoms with E-state index in [4.69, 9.17) is 11.6 Å². The van der Waals surface area contributed by atoms with Crippen molar-refractivity contribution in [3.8, 4) is 0 Å². The van der Waals surface area contributed by atoms with Crippen LogP contribution in [0.15, 0.2) is 46.2 Å². The summed E-state index contributed by atoms with van der Waals surface area (Å²) in [6.45, 7) is 0.518. The monoisotopic (exact) mass is 397 g/mol. The number of imidazole rings is 1. The number of fused-ring (bicyclic) bond motifs is 1. The predicted molar refractivity (Wildman–Crippen MR) is 96.6 cm³/mol. The lowest BCUT2D eigenvalue weighted by Crippen LogP contribution is -2.30. The molecule has 6 nitrogen and oxygen atoms in total. The highest BCUT2D eigenvalue weighted by atomic mass is 35.5. The Bertz CT molecular complexity index is 1000. The first-order valence-electron chi connectivity index (χ1n) is 7.78. The van der Waals surface area contributed by atoms with E-state index in [1.54, 1.807) is 35.7 Å². The maximum Gasteiger partial charge on any atom is 0.262 e. The van der Waals surface area contributed by atoms with Gasteiger partial charge in [0, 0.05) is 37.7 Å². The number of halogens is 1. The molecule has 0 aliphatic carbocycles. The van der Waals surface area contributed by atoms with Crippen LogP contribution in [0.3, 0.4) is 0 Å². The van der Waals surface area contributed by atoms with Crippen LogP contribution in [0.4, 0.5) is 0 Å². The Morgan fingerprint density at radius 3 is 2.88 bits per heavy atom. The summed E-state index contributed by atoms with van der Waals surface area (Å²) >= 11 is 7.72. The molecule has 3 aromatic rings. The normalized spacial score (nSPS) is 22.0. The summed E-state index contributed by atoms with van der Waals surface area (Å²) in [7, 11) is -3.83. The van der Waals surface area contributed by atoms with Crippen LogP contribution in [0.1, 0.15) is 11.5 Å². The second-order valence-electron chi connectivity index (χ2n) is 6.06. The van der Waals surface area contributed by atoms with Crippen LogP contribution in [0.2, 0.25) is 5.15 Å². The van der Waals surface area contributed by atoms with E-state index in [0.29, 0.717) is 12.2 Å². The van der Waals surface area contributed by atoms with Crippen LogP contribution < -0.4 is 0 Å². The fraction of sp³-hybridized carbons (Fsp3) is 0.312. The molecule has 0 bridgehead atoms. The molecule has 132 valence electrons. The highest BCUT2D eigenvalue weighted by molar-refractivity contribution is 7.89. The Morgan fingerprint density at radius 2 is 2.16 bits per heavy atom. The van der Waals surface area contributed by atoms with Gasteiger partial charge in [0.05, 0.1) is 0 Å². The molecule has 1 N–H and O–H groups in total. The lowest BCUT2D eigenvalue weighted by molar-refractivity contribution is 0.223. The third-order valence-electron chi connectivity index (χ3n) is 4.64. The second kappa shape index (κ2) is 6.37. The van der Waals surface area contributed by atoms with Gasteiger partial charge in [-0.2, -0.15) is 15.6 Å². The molecule has 0 radical (unpaired) electrons. The van der Waals surface area contributed by atoms with Crippen LogP contribution in [0.5, 0.6) is 0 Å². The van der Waals surface area contributed by atoms with Gasteiger partial charge in [-0.3, -0.25) is 4.40 Å². The van der Waals surface area contributed by atoms with Gasteiger partial charge in [0.15, 0.2) is 10.2 Å². The number of aliphatic hydroxyl groups excluding tert-OH is 1. The second-order valence-corrected chi connectivity index (χ2v) is 9.06. The minimum absolute atomic E-state index is 0.0209. The van der Waals surface area contributed by atoms with Crippen molar-refractivity contribution in [2.75, 3.05) is 19.7 Å². The zero-order valence-electron chi connectivity index (χ0n) is 13.1. The summed E-state index contributed by atoms with van der Waals surface area (Å²) < 4.78 is 29.3. The van der Waals surface area contributed by atoms with Gasteiger partial charge in [0.2, 0.25) is 0 Å². The van der Waals surface area contributed by atoms with Gasteiger partial charge in [-0.1, -0.05) is 17.7 Å². The molecule has 1 fully saturated rings. The van der Waals surface area contributed by atoms with Crippen molar-refractivity contribution >= 4 is 38.6 Å². The fourth-order valence-electron chi connectivity index (χ4n) is 3.37. The molecular formula is C16H16ClN3O3S2. The Balaban J connectivity index is 1.74. The van der Waals surface area contributed by atoms with Crippen molar-refractivity contribution in [2.45, 2.75) is 10.9 Å². The van der Waals surface area contributed by atoms with Crippen molar-refractivity contribution in [1.82, 2.24) is 13.7 Å². The number of sulfonamides is 1. The smallest absolute Gasteiger partial charge is 0.262 e. The molecule has 3 aromatic heterocycles. The molecule has 1 saturated heterocycles. The molecule has 4 heterocycles. The Morgan fingerprint density at radius 1 is 1.32 bits per heavy atom. The molecular weight excluding hydrogens is 382 g/mol. The minimum atomic E-state index is -3.83. The summed E-state index contributed by atoms with van der Waals surface area (Å²) in [4.78, 5) is 4.13. The molecule has 0 amide bonds. The van der Waals surface area contributed by atoms with Gasteiger partial charge in [-0.15, -0.1) is 0 Å². The third kappa shape index (κ3) is 2.78. The average molecular weight is 398 g/mol. The quantitative estimate of drug-likeness (QED) is 0.733. The number of nitrogens with zero attached hydrogens (tertiary/aromatic N) is 3. The van der Waals surface area contributed by atoms with E-state index in [2.05, 4.69) is 4.98 Å². The molecule has 1 aliphatic heterocycles. The lowest BCUT2D eigenvalue weighted by Gasteiger charge is -2.16. The van der Waals surface area contributed by atoms with Crippen LogP contribution in [0, 0.1) is 5.92 Å². The summed E-state index contributed by atoms with van der Waals surface area (Å²) in [5.41, 5.74) is 1.55. The SMILES string of the molecule is O=S(=O)(c1c(Cl)nc2ccccn12)N1CC(CO)C(c2ccsc2)C1. The lowest BCUT2D eigenvalue weighted by atomic mass is 9.92. The van der Waals surface area contributed by atoms with Crippen LogP contribution in [-0.4, -0.2) is 46.9 Å². The van der Waals surface area contributed by atoms with Crippen molar-refractivity contribution in [3.05, 3.63) is 51.9 Å². The van der Waals surface area contributed by atoms with E-state index in [1.165, 1.54) is 8.71 Å². The van der Waals surface area contributed by atoms with Gasteiger partial charge >= 0.3 is 0 Å². The van der Waals surface area contributed by atoms with Crippen molar-refractivity contribution < 1.29 is 13.5 Å². The summed E-state index contributed by atoms with van der Waals surface area (Å²) in [5.74, 6) is -0.161. The average Bonchev–Trinajstić information content (AvgIpc) is 3.31. The predicted octanol–water partition coefficient (Wildman–Crippen LogP) is 2.45. The first kappa shape index (κ1) is 17.0. The Kier molecular flexibility index (Phi) is 4.33. The van der Waals surface area contributed by atoms with Gasteiger partial charge in [0.25, 0.3) is 10.0 Å². The largest absolute Gasteiger partial charge is 0.396 e. The van der Waals surface area contributed by atoms with E-state index < -0.39 is 10.0 Å². The van der Waals surface area contributed by atoms with Crippen LogP contribution in [-0.2, 0) is 10.0 Å². The number of pyridine rings is 1. The van der Waals surface area contributed by atoms with Gasteiger partial charge in [-0.25, -0.2) is 13.4 Å². The van der Waals surface area contributed by atoms with Gasteiger partial charge in [-0.05, 0) is 34.5 Å². The van der Waals surface area contributed by atoms with E-state index in [9.17, 15) is 13.5 Å². The van der Waals surface area contributed by atoms with Crippen molar-refractivity contribution in [3.63, 3.8) is 0 Å². The topological polar surface area (TPSA) is 74.9 Å². The van der Waals surface area contributed by atoms with E-state index >= 15 is 0 Å². The molecule has 2 atom stereocenters. The first-order chi connectivity index (χ1) is 12.0. The van der Waals surface area contributed by atoms with Crippen molar-refractivity contribution in [2.24, 2.45) is 5.92 Å². The maximum atomic E-state index is 13.2. The van der Waals surface area contributed by atoms with Crippen molar-refractivity contribution in [1.29, 1.82) is 0 Å². The van der Waals surface area contributed by atoms with E-state index in [0.717, 1.165) is 5.56 Å². The Hall–Kier alpha value is -1.45. The molecule has 9 heteroatoms. The number of aromatic nitrogens is 2. The fourth-order valence-corrected chi connectivity index (χ4v) is 6.22. The molecule has 25 heavy (non-hydrogen) atoms. The molecule has 2 unspecified atom stereocenters. The summed E-state index contributed by atoms with van der Waals surface area (Å²) in [5, 5.41) is 13.6. The number of hydrogen-bond donors (Lipinski definition) is 1. The first-order valence-corrected chi connectivity index (χ1v) is 10.5. The highest BCUT2D eigenvalue weighted by Crippen LogP contribution is 2.37. The molecule has 0 spiro atoms. The summed E-state index contributed by atoms with van der Waals surface area (Å²) in [6.07, 6.45) is 1.64. The zero-order valence-corrected chi connectivity index (χ0v) is 15.5. The molecule has 4 rings (SSSR count). The Labute approximate surface area is 154 Å². The maximum absolute atomic E-state index is 13.2. The van der Waals surface area contributed by atoms with Gasteiger partial charge < -0.3 is 5.11 Å². The number of rotatable bonds is 4. The van der Waals surface area contributed by atoms with E-state index in [-0.39, 0.29) is 35.2 Å². The molecule has 0 saturated carbocycles. The standard InChI is InChI=1S/C16H16ClN3O3S2/c17-15-16(20-5-2-1-3-14(20)18-15)25(22,23)19-7-12(9-21)13(8-19)11-4-6-24-10-11/h1-6,10,12-13,21H,7-9H2. The van der Waals surface area contributed by atoms with Crippen LogP contribution >= 0.6 is 22.9 Å². The zero-order chi connectivity index (χ0) is 17.6. The van der Waals surface area contributed by atoms with Crippen LogP contribution in [0.25, 0.3) is 5.65 Å². The van der Waals surface area contributed by atoms with E-state index in [1.807, 2.05) is 16.8 Å². The number of hydrogen-bond acceptors (Lipinski definition) is 5. The highest BCUT2D eigenvalue weighted by Gasteiger charge is 2.41. The summed E-state index contributed by atoms with van der Waals surface area (Å²) in [6, 6.07) is 7.20.